The molecular formula is C7H9BFNO3. The highest BCUT2D eigenvalue weighted by Crippen LogP contribution is 2.16. The molecule has 0 aliphatic carbocycles. The van der Waals surface area contributed by atoms with E-state index >= 15 is 0 Å². The minimum Gasteiger partial charge on any atom is -0.512 e. The molecule has 70 valence electrons. The first kappa shape index (κ1) is 9.98. The first-order valence-corrected chi connectivity index (χ1v) is 3.65. The molecule has 4 nitrogen and oxygen atoms in total. The van der Waals surface area contributed by atoms with Crippen LogP contribution in [0, 0.1) is 5.82 Å². The van der Waals surface area contributed by atoms with Crippen molar-refractivity contribution in [2.75, 3.05) is 0 Å². The van der Waals surface area contributed by atoms with Gasteiger partial charge in [0.05, 0.1) is 0 Å². The molecular weight excluding hydrogens is 176 g/mol. The molecule has 0 saturated carbocycles. The molecule has 0 aromatic heterocycles. The monoisotopic (exact) mass is 185 g/mol. The quantitative estimate of drug-likeness (QED) is 0.561. The normalized spacial score (nSPS) is 9.85. The third kappa shape index (κ3) is 2.69. The van der Waals surface area contributed by atoms with Crippen LogP contribution in [0.3, 0.4) is 0 Å². The zero-order valence-corrected chi connectivity index (χ0v) is 6.77. The van der Waals surface area contributed by atoms with Gasteiger partial charge in [-0.3, -0.25) is 0 Å². The Kier molecular flexibility index (Phi) is 3.24. The third-order valence-corrected chi connectivity index (χ3v) is 1.49. The van der Waals surface area contributed by atoms with Crippen molar-refractivity contribution in [3.63, 3.8) is 0 Å². The van der Waals surface area contributed by atoms with Crippen LogP contribution in [0.2, 0.25) is 0 Å². The van der Waals surface area contributed by atoms with Crippen LogP contribution in [0.1, 0.15) is 5.56 Å². The van der Waals surface area contributed by atoms with Crippen molar-refractivity contribution in [2.45, 2.75) is 6.54 Å². The fourth-order valence-corrected chi connectivity index (χ4v) is 0.889. The van der Waals surface area contributed by atoms with Gasteiger partial charge in [-0.2, -0.15) is 0 Å². The molecule has 1 aromatic rings. The highest BCUT2D eigenvalue weighted by atomic mass is 19.1. The van der Waals surface area contributed by atoms with E-state index in [1.54, 1.807) is 0 Å². The van der Waals surface area contributed by atoms with E-state index in [1.165, 1.54) is 12.1 Å². The minimum absolute atomic E-state index is 0.0460. The molecule has 0 heterocycles. The second-order valence-corrected chi connectivity index (χ2v) is 2.40. The van der Waals surface area contributed by atoms with Crippen molar-refractivity contribution in [1.29, 1.82) is 0 Å². The standard InChI is InChI=1S/C7H9BFNO3/c9-7-3-6(13-8(11)12)2-1-5(7)4-10/h1-3,11-12H,4,10H2. The summed E-state index contributed by atoms with van der Waals surface area (Å²) in [6.07, 6.45) is 0. The predicted molar refractivity (Wildman–Crippen MR) is 45.1 cm³/mol. The third-order valence-electron chi connectivity index (χ3n) is 1.49. The summed E-state index contributed by atoms with van der Waals surface area (Å²) < 4.78 is 17.4. The summed E-state index contributed by atoms with van der Waals surface area (Å²) in [6.45, 7) is 0.0911. The van der Waals surface area contributed by atoms with Crippen molar-refractivity contribution in [1.82, 2.24) is 0 Å². The largest absolute Gasteiger partial charge is 0.707 e. The van der Waals surface area contributed by atoms with E-state index in [1.807, 2.05) is 0 Å². The van der Waals surface area contributed by atoms with Crippen molar-refractivity contribution in [3.8, 4) is 5.75 Å². The van der Waals surface area contributed by atoms with Crippen molar-refractivity contribution in [2.24, 2.45) is 5.73 Å². The predicted octanol–water partition coefficient (Wildman–Crippen LogP) is -0.367. The molecule has 0 fully saturated rings. The van der Waals surface area contributed by atoms with Gasteiger partial charge in [-0.05, 0) is 6.07 Å². The Labute approximate surface area is 74.9 Å². The van der Waals surface area contributed by atoms with Gasteiger partial charge in [0.15, 0.2) is 0 Å². The second-order valence-electron chi connectivity index (χ2n) is 2.40. The minimum atomic E-state index is -1.94. The van der Waals surface area contributed by atoms with Gasteiger partial charge in [0, 0.05) is 18.2 Å². The zero-order valence-electron chi connectivity index (χ0n) is 6.77. The van der Waals surface area contributed by atoms with Crippen LogP contribution in [-0.4, -0.2) is 17.4 Å². The summed E-state index contributed by atoms with van der Waals surface area (Å²) in [5.74, 6) is -0.481. The first-order valence-electron chi connectivity index (χ1n) is 3.65. The van der Waals surface area contributed by atoms with Gasteiger partial charge in [0.25, 0.3) is 0 Å². The average molecular weight is 185 g/mol. The van der Waals surface area contributed by atoms with E-state index in [0.717, 1.165) is 6.07 Å². The molecule has 0 aliphatic rings. The Morgan fingerprint density at radius 3 is 2.62 bits per heavy atom. The molecule has 1 rings (SSSR count). The summed E-state index contributed by atoms with van der Waals surface area (Å²) >= 11 is 0. The lowest BCUT2D eigenvalue weighted by atomic mass is 10.2. The smallest absolute Gasteiger partial charge is 0.512 e. The molecule has 4 N–H and O–H groups in total. The lowest BCUT2D eigenvalue weighted by Gasteiger charge is -2.05. The molecule has 0 spiro atoms. The maximum absolute atomic E-state index is 13.0. The fraction of sp³-hybridized carbons (Fsp3) is 0.143. The summed E-state index contributed by atoms with van der Waals surface area (Å²) in [6, 6.07) is 3.87. The highest BCUT2D eigenvalue weighted by molar-refractivity contribution is 6.33. The van der Waals surface area contributed by atoms with Crippen LogP contribution in [0.4, 0.5) is 4.39 Å². The number of hydrogen-bond donors (Lipinski definition) is 3. The van der Waals surface area contributed by atoms with Crippen molar-refractivity contribution in [3.05, 3.63) is 29.6 Å². The molecule has 13 heavy (non-hydrogen) atoms. The van der Waals surface area contributed by atoms with Crippen molar-refractivity contribution < 1.29 is 19.1 Å². The van der Waals surface area contributed by atoms with E-state index in [9.17, 15) is 4.39 Å². The van der Waals surface area contributed by atoms with Crippen LogP contribution < -0.4 is 10.4 Å². The number of hydrogen-bond acceptors (Lipinski definition) is 4. The van der Waals surface area contributed by atoms with Gasteiger partial charge in [-0.25, -0.2) is 4.39 Å². The zero-order chi connectivity index (χ0) is 9.84. The average Bonchev–Trinajstić information content (AvgIpc) is 2.03. The molecule has 0 atom stereocenters. The lowest BCUT2D eigenvalue weighted by Crippen LogP contribution is -2.20. The Morgan fingerprint density at radius 2 is 2.15 bits per heavy atom. The molecule has 0 aliphatic heterocycles. The van der Waals surface area contributed by atoms with Gasteiger partial charge in [0.1, 0.15) is 11.6 Å². The SMILES string of the molecule is NCc1ccc(OB(O)O)cc1F. The van der Waals surface area contributed by atoms with Gasteiger partial charge < -0.3 is 20.4 Å². The Morgan fingerprint density at radius 1 is 1.46 bits per heavy atom. The van der Waals surface area contributed by atoms with E-state index in [2.05, 4.69) is 4.65 Å². The highest BCUT2D eigenvalue weighted by Gasteiger charge is 2.12. The molecule has 0 amide bonds. The topological polar surface area (TPSA) is 75.7 Å². The number of rotatable bonds is 3. The van der Waals surface area contributed by atoms with E-state index in [-0.39, 0.29) is 12.3 Å². The van der Waals surface area contributed by atoms with Crippen LogP contribution >= 0.6 is 0 Å². The second kappa shape index (κ2) is 4.22. The Hall–Kier alpha value is -1.11. The first-order chi connectivity index (χ1) is 6.13. The molecule has 1 aromatic carbocycles. The number of benzene rings is 1. The summed E-state index contributed by atoms with van der Waals surface area (Å²) in [5.41, 5.74) is 5.57. The van der Waals surface area contributed by atoms with Gasteiger partial charge in [0.2, 0.25) is 0 Å². The van der Waals surface area contributed by atoms with Gasteiger partial charge in [-0.1, -0.05) is 6.07 Å². The molecule has 0 radical (unpaired) electrons. The van der Waals surface area contributed by atoms with E-state index < -0.39 is 13.1 Å². The van der Waals surface area contributed by atoms with Crippen LogP contribution in [0.15, 0.2) is 18.2 Å². The molecule has 0 saturated heterocycles. The number of halogens is 1. The van der Waals surface area contributed by atoms with Crippen LogP contribution in [0.5, 0.6) is 5.75 Å². The fourth-order valence-electron chi connectivity index (χ4n) is 0.889. The molecule has 0 unspecified atom stereocenters. The summed E-state index contributed by atoms with van der Waals surface area (Å²) in [5, 5.41) is 16.8. The van der Waals surface area contributed by atoms with Crippen molar-refractivity contribution >= 4 is 7.32 Å². The Balaban J connectivity index is 2.83. The maximum atomic E-state index is 13.0. The van der Waals surface area contributed by atoms with Gasteiger partial charge >= 0.3 is 7.32 Å². The number of nitrogens with two attached hydrogens (primary N) is 1. The summed E-state index contributed by atoms with van der Waals surface area (Å²) in [4.78, 5) is 0. The van der Waals surface area contributed by atoms with E-state index in [0.29, 0.717) is 5.56 Å². The van der Waals surface area contributed by atoms with Crippen LogP contribution in [-0.2, 0) is 6.54 Å². The van der Waals surface area contributed by atoms with Gasteiger partial charge in [-0.15, -0.1) is 0 Å². The molecule has 6 heteroatoms. The summed E-state index contributed by atoms with van der Waals surface area (Å²) in [7, 11) is -1.94. The maximum Gasteiger partial charge on any atom is 0.707 e. The van der Waals surface area contributed by atoms with Crippen LogP contribution in [0.25, 0.3) is 0 Å². The Bertz CT molecular complexity index is 295. The van der Waals surface area contributed by atoms with E-state index in [4.69, 9.17) is 15.8 Å². The lowest BCUT2D eigenvalue weighted by molar-refractivity contribution is 0.287. The molecule has 0 bridgehead atoms.